The fraction of sp³-hybridized carbons (Fsp3) is 0.385. The molecule has 1 aromatic heterocycles. The van der Waals surface area contributed by atoms with Crippen LogP contribution in [0, 0.1) is 0 Å². The second-order valence-electron chi connectivity index (χ2n) is 4.14. The Labute approximate surface area is 116 Å². The van der Waals surface area contributed by atoms with Crippen molar-refractivity contribution in [2.75, 3.05) is 21.3 Å². The molecule has 0 spiro atoms. The maximum absolute atomic E-state index is 12.0. The molecule has 108 valence electrons. The van der Waals surface area contributed by atoms with Gasteiger partial charge in [0.1, 0.15) is 17.6 Å². The summed E-state index contributed by atoms with van der Waals surface area (Å²) < 4.78 is 17.1. The van der Waals surface area contributed by atoms with Crippen molar-refractivity contribution < 1.29 is 14.2 Å². The molecule has 1 atom stereocenters. The zero-order chi connectivity index (χ0) is 14.7. The van der Waals surface area contributed by atoms with Gasteiger partial charge in [0.2, 0.25) is 0 Å². The van der Waals surface area contributed by atoms with Crippen LogP contribution in [0.15, 0.2) is 23.0 Å². The Kier molecular flexibility index (Phi) is 4.09. The maximum Gasteiger partial charge on any atom is 0.348 e. The molecule has 0 saturated heterocycles. The Bertz CT molecular complexity index is 647. The molecule has 0 aliphatic rings. The van der Waals surface area contributed by atoms with Crippen LogP contribution in [0.2, 0.25) is 0 Å². The number of benzene rings is 1. The monoisotopic (exact) mass is 279 g/mol. The molecule has 2 aromatic rings. The number of methoxy groups -OCH3 is 3. The third-order valence-corrected chi connectivity index (χ3v) is 3.04. The van der Waals surface area contributed by atoms with Gasteiger partial charge in [-0.25, -0.2) is 14.5 Å². The lowest BCUT2D eigenvalue weighted by molar-refractivity contribution is 0.110. The number of aromatic amines is 1. The van der Waals surface area contributed by atoms with Gasteiger partial charge < -0.3 is 14.2 Å². The Morgan fingerprint density at radius 1 is 1.25 bits per heavy atom. The van der Waals surface area contributed by atoms with Crippen LogP contribution in [0.3, 0.4) is 0 Å². The van der Waals surface area contributed by atoms with E-state index in [1.807, 2.05) is 6.92 Å². The number of hydrogen-bond donors (Lipinski definition) is 1. The first-order valence-electron chi connectivity index (χ1n) is 6.04. The Morgan fingerprint density at radius 2 is 2.00 bits per heavy atom. The highest BCUT2D eigenvalue weighted by atomic mass is 16.5. The summed E-state index contributed by atoms with van der Waals surface area (Å²) in [7, 11) is 4.65. The van der Waals surface area contributed by atoms with E-state index in [2.05, 4.69) is 10.2 Å². The number of hydrogen-bond acceptors (Lipinski definition) is 5. The molecule has 0 radical (unpaired) electrons. The molecule has 0 fully saturated rings. The number of rotatable bonds is 5. The lowest BCUT2D eigenvalue weighted by Gasteiger charge is -2.14. The van der Waals surface area contributed by atoms with Gasteiger partial charge in [0.15, 0.2) is 5.82 Å². The Balaban J connectivity index is 2.62. The van der Waals surface area contributed by atoms with E-state index in [1.165, 1.54) is 11.7 Å². The Hall–Kier alpha value is -2.28. The summed E-state index contributed by atoms with van der Waals surface area (Å²) in [6.07, 6.45) is -0.333. The lowest BCUT2D eigenvalue weighted by atomic mass is 10.2. The predicted molar refractivity (Wildman–Crippen MR) is 72.7 cm³/mol. The van der Waals surface area contributed by atoms with Gasteiger partial charge in [-0.1, -0.05) is 0 Å². The fourth-order valence-electron chi connectivity index (χ4n) is 1.89. The highest BCUT2D eigenvalue weighted by molar-refractivity contribution is 5.51. The summed E-state index contributed by atoms with van der Waals surface area (Å²) in [5.74, 6) is 1.63. The van der Waals surface area contributed by atoms with Gasteiger partial charge in [0.05, 0.1) is 19.9 Å². The molecular formula is C13H17N3O4. The summed E-state index contributed by atoms with van der Waals surface area (Å²) in [6, 6.07) is 5.19. The molecule has 1 aromatic carbocycles. The fourth-order valence-corrected chi connectivity index (χ4v) is 1.89. The molecule has 2 rings (SSSR count). The number of ether oxygens (including phenoxy) is 3. The minimum absolute atomic E-state index is 0.333. The van der Waals surface area contributed by atoms with Crippen molar-refractivity contribution in [2.45, 2.75) is 13.0 Å². The molecule has 0 bridgehead atoms. The minimum Gasteiger partial charge on any atom is -0.497 e. The second-order valence-corrected chi connectivity index (χ2v) is 4.14. The van der Waals surface area contributed by atoms with E-state index in [9.17, 15) is 4.79 Å². The van der Waals surface area contributed by atoms with Crippen molar-refractivity contribution in [1.29, 1.82) is 0 Å². The number of aromatic nitrogens is 3. The van der Waals surface area contributed by atoms with Gasteiger partial charge >= 0.3 is 5.69 Å². The van der Waals surface area contributed by atoms with E-state index >= 15 is 0 Å². The van der Waals surface area contributed by atoms with Crippen molar-refractivity contribution in [1.82, 2.24) is 14.8 Å². The van der Waals surface area contributed by atoms with Crippen molar-refractivity contribution in [3.05, 3.63) is 34.5 Å². The molecule has 0 unspecified atom stereocenters. The first kappa shape index (κ1) is 14.1. The standard InChI is InChI=1S/C13H17N3O4/c1-8(18-2)12-14-15-13(17)16(12)10-6-5-9(19-3)7-11(10)20-4/h5-8H,1-4H3,(H,15,17)/t8-/m1/s1. The summed E-state index contributed by atoms with van der Waals surface area (Å²) >= 11 is 0. The van der Waals surface area contributed by atoms with Gasteiger partial charge in [-0.3, -0.25) is 0 Å². The molecule has 7 heteroatoms. The molecule has 20 heavy (non-hydrogen) atoms. The van der Waals surface area contributed by atoms with Crippen LogP contribution in [0.4, 0.5) is 0 Å². The van der Waals surface area contributed by atoms with Crippen molar-refractivity contribution in [3.8, 4) is 17.2 Å². The largest absolute Gasteiger partial charge is 0.497 e. The van der Waals surface area contributed by atoms with E-state index in [0.29, 0.717) is 23.0 Å². The van der Waals surface area contributed by atoms with E-state index in [0.717, 1.165) is 0 Å². The van der Waals surface area contributed by atoms with Crippen LogP contribution in [-0.4, -0.2) is 36.1 Å². The number of nitrogens with zero attached hydrogens (tertiary/aromatic N) is 2. The predicted octanol–water partition coefficient (Wildman–Crippen LogP) is 1.29. The van der Waals surface area contributed by atoms with E-state index in [1.54, 1.807) is 32.4 Å². The van der Waals surface area contributed by atoms with Gasteiger partial charge in [0.25, 0.3) is 0 Å². The zero-order valence-corrected chi connectivity index (χ0v) is 11.8. The van der Waals surface area contributed by atoms with Gasteiger partial charge in [-0.15, -0.1) is 0 Å². The Morgan fingerprint density at radius 3 is 2.60 bits per heavy atom. The van der Waals surface area contributed by atoms with E-state index in [4.69, 9.17) is 14.2 Å². The van der Waals surface area contributed by atoms with Gasteiger partial charge in [-0.2, -0.15) is 5.10 Å². The van der Waals surface area contributed by atoms with Gasteiger partial charge in [0, 0.05) is 13.2 Å². The molecule has 1 N–H and O–H groups in total. The van der Waals surface area contributed by atoms with Crippen molar-refractivity contribution >= 4 is 0 Å². The molecule has 0 saturated carbocycles. The third kappa shape index (κ3) is 2.39. The topological polar surface area (TPSA) is 78.4 Å². The maximum atomic E-state index is 12.0. The lowest BCUT2D eigenvalue weighted by Crippen LogP contribution is -2.19. The highest BCUT2D eigenvalue weighted by Gasteiger charge is 2.19. The second kappa shape index (κ2) is 5.79. The van der Waals surface area contributed by atoms with Crippen molar-refractivity contribution in [2.24, 2.45) is 0 Å². The molecule has 0 aliphatic heterocycles. The first-order valence-corrected chi connectivity index (χ1v) is 6.04. The summed E-state index contributed by atoms with van der Waals surface area (Å²) in [5.41, 5.74) is 0.221. The summed E-state index contributed by atoms with van der Waals surface area (Å²) in [4.78, 5) is 12.0. The van der Waals surface area contributed by atoms with Crippen molar-refractivity contribution in [3.63, 3.8) is 0 Å². The first-order chi connectivity index (χ1) is 9.62. The third-order valence-electron chi connectivity index (χ3n) is 3.04. The van der Waals surface area contributed by atoms with Crippen LogP contribution in [0.5, 0.6) is 11.5 Å². The quantitative estimate of drug-likeness (QED) is 0.892. The molecule has 0 aliphatic carbocycles. The molecule has 1 heterocycles. The number of nitrogens with one attached hydrogen (secondary N) is 1. The molecular weight excluding hydrogens is 262 g/mol. The number of H-pyrrole nitrogens is 1. The van der Waals surface area contributed by atoms with E-state index < -0.39 is 0 Å². The SMILES string of the molecule is COc1ccc(-n2c([C@@H](C)OC)n[nH]c2=O)c(OC)c1. The average Bonchev–Trinajstić information content (AvgIpc) is 2.87. The highest BCUT2D eigenvalue weighted by Crippen LogP contribution is 2.28. The molecule has 0 amide bonds. The van der Waals surface area contributed by atoms with Crippen LogP contribution in [0.1, 0.15) is 18.9 Å². The summed E-state index contributed by atoms with van der Waals surface area (Å²) in [6.45, 7) is 1.81. The summed E-state index contributed by atoms with van der Waals surface area (Å²) in [5, 5.41) is 6.42. The van der Waals surface area contributed by atoms with Crippen LogP contribution in [0.25, 0.3) is 5.69 Å². The average molecular weight is 279 g/mol. The van der Waals surface area contributed by atoms with E-state index in [-0.39, 0.29) is 11.8 Å². The normalized spacial score (nSPS) is 12.2. The van der Waals surface area contributed by atoms with Crippen LogP contribution in [-0.2, 0) is 4.74 Å². The van der Waals surface area contributed by atoms with Crippen LogP contribution < -0.4 is 15.2 Å². The minimum atomic E-state index is -0.354. The van der Waals surface area contributed by atoms with Crippen LogP contribution >= 0.6 is 0 Å². The van der Waals surface area contributed by atoms with Gasteiger partial charge in [-0.05, 0) is 19.1 Å². The smallest absolute Gasteiger partial charge is 0.348 e. The zero-order valence-electron chi connectivity index (χ0n) is 11.8. The molecule has 7 nitrogen and oxygen atoms in total.